The molecule has 3 N–H and O–H groups in total. The van der Waals surface area contributed by atoms with Crippen LogP contribution in [0.4, 0.5) is 4.39 Å². The monoisotopic (exact) mass is 106 g/mol. The Morgan fingerprint density at radius 3 is 2.43 bits per heavy atom. The van der Waals surface area contributed by atoms with Crippen LogP contribution in [0.1, 0.15) is 0 Å². The summed E-state index contributed by atoms with van der Waals surface area (Å²) in [5.41, 5.74) is 4.64. The summed E-state index contributed by atoms with van der Waals surface area (Å²) >= 11 is 0. The van der Waals surface area contributed by atoms with Crippen molar-refractivity contribution in [2.75, 3.05) is 6.67 Å². The van der Waals surface area contributed by atoms with Crippen molar-refractivity contribution < 1.29 is 14.3 Å². The molecule has 0 saturated carbocycles. The van der Waals surface area contributed by atoms with Gasteiger partial charge in [-0.05, 0) is 0 Å². The number of aliphatic carboxylic acids is 1. The first kappa shape index (κ1) is 6.36. The van der Waals surface area contributed by atoms with Crippen LogP contribution in [0.2, 0.25) is 0 Å². The predicted octanol–water partition coefficient (Wildman–Crippen LogP) is -0.632. The minimum absolute atomic E-state index is 1.00. The second-order valence-corrected chi connectivity index (χ2v) is 1.10. The summed E-state index contributed by atoms with van der Waals surface area (Å²) in [6, 6.07) is -1.35. The molecule has 0 aliphatic heterocycles. The van der Waals surface area contributed by atoms with Gasteiger partial charge in [-0.15, -0.1) is 0 Å². The van der Waals surface area contributed by atoms with E-state index >= 15 is 0 Å². The van der Waals surface area contributed by atoms with Crippen LogP contribution >= 0.6 is 0 Å². The Morgan fingerprint density at radius 2 is 2.43 bits per heavy atom. The normalized spacial score (nSPS) is 13.4. The summed E-state index contributed by atoms with van der Waals surface area (Å²) in [5.74, 6) is -1.30. The van der Waals surface area contributed by atoms with Crippen LogP contribution in [0.25, 0.3) is 0 Å². The lowest BCUT2D eigenvalue weighted by Crippen LogP contribution is -2.31. The summed E-state index contributed by atoms with van der Waals surface area (Å²) in [7, 11) is 0. The van der Waals surface area contributed by atoms with Crippen molar-refractivity contribution in [3.63, 3.8) is 0 Å². The van der Waals surface area contributed by atoms with Gasteiger partial charge in [0.1, 0.15) is 12.7 Å². The van der Waals surface area contributed by atoms with E-state index in [1.807, 2.05) is 0 Å². The molecule has 0 amide bonds. The van der Waals surface area contributed by atoms with Crippen LogP contribution in [-0.4, -0.2) is 23.8 Å². The first-order chi connectivity index (χ1) is 3.18. The summed E-state index contributed by atoms with van der Waals surface area (Å²) in [5, 5.41) is 7.82. The summed E-state index contributed by atoms with van der Waals surface area (Å²) in [6.45, 7) is -1.00. The van der Waals surface area contributed by atoms with Crippen molar-refractivity contribution in [3.05, 3.63) is 0 Å². The van der Waals surface area contributed by atoms with Gasteiger partial charge in [0.2, 0.25) is 0 Å². The van der Waals surface area contributed by atoms with Gasteiger partial charge in [0.15, 0.2) is 0 Å². The fourth-order valence-electron chi connectivity index (χ4n) is 0.0660. The lowest BCUT2D eigenvalue weighted by Gasteiger charge is -1.94. The van der Waals surface area contributed by atoms with Crippen molar-refractivity contribution >= 4 is 5.97 Å². The minimum Gasteiger partial charge on any atom is -0.480 e. The van der Waals surface area contributed by atoms with E-state index < -0.39 is 18.7 Å². The van der Waals surface area contributed by atoms with Crippen LogP contribution in [0.3, 0.4) is 0 Å². The molecule has 0 aliphatic carbocycles. The van der Waals surface area contributed by atoms with Gasteiger partial charge in [0.25, 0.3) is 0 Å². The molecule has 4 heteroatoms. The van der Waals surface area contributed by atoms with Crippen molar-refractivity contribution in [1.29, 1.82) is 0 Å². The third kappa shape index (κ3) is 2.11. The van der Waals surface area contributed by atoms with E-state index in [0.717, 1.165) is 0 Å². The molecule has 0 rings (SSSR count). The molecule has 0 aromatic carbocycles. The fourth-order valence-corrected chi connectivity index (χ4v) is 0.0660. The van der Waals surface area contributed by atoms with Gasteiger partial charge in [-0.25, -0.2) is 4.39 Å². The van der Waals surface area contributed by atoms with Gasteiger partial charge in [-0.3, -0.25) is 4.79 Å². The first-order valence-corrected chi connectivity index (χ1v) is 1.73. The summed E-state index contributed by atoms with van der Waals surface area (Å²) in [6.07, 6.45) is 0. The smallest absolute Gasteiger partial charge is 0.323 e. The Labute approximate surface area is 39.9 Å². The molecule has 1 atom stereocenters. The Kier molecular flexibility index (Phi) is 2.29. The number of carbonyl (C=O) groups is 1. The largest absolute Gasteiger partial charge is 0.480 e. The Morgan fingerprint density at radius 1 is 2.00 bits per heavy atom. The summed E-state index contributed by atoms with van der Waals surface area (Å²) < 4.78 is 11.1. The number of nitrogens with two attached hydrogens (primary N) is 1. The highest BCUT2D eigenvalue weighted by Crippen LogP contribution is 1.76. The predicted molar refractivity (Wildman–Crippen MR) is 21.6 cm³/mol. The maximum atomic E-state index is 11.1. The highest BCUT2D eigenvalue weighted by atomic mass is 18.2. The maximum absolute atomic E-state index is 11.1. The molecular weight excluding hydrogens is 100 g/mol. The molecule has 42 valence electrons. The zero-order valence-corrected chi connectivity index (χ0v) is 3.60. The average Bonchev–Trinajstić information content (AvgIpc) is 1.65. The number of halogens is 1. The van der Waals surface area contributed by atoms with Gasteiger partial charge in [-0.1, -0.05) is 0 Å². The third-order valence-electron chi connectivity index (χ3n) is 0.483. The standard InChI is InChI=1S/C3H6FNO2/c4-1-2(5)3(6)7/h2H,1,5H2,(H,6,7)/t2-/m0/s1/i4-1. The van der Waals surface area contributed by atoms with Gasteiger partial charge in [0, 0.05) is 0 Å². The molecule has 0 saturated heterocycles. The van der Waals surface area contributed by atoms with E-state index in [1.165, 1.54) is 0 Å². The average molecular weight is 106 g/mol. The van der Waals surface area contributed by atoms with Gasteiger partial charge in [0.05, 0.1) is 0 Å². The Balaban J connectivity index is 3.34. The van der Waals surface area contributed by atoms with E-state index in [4.69, 9.17) is 5.11 Å². The zero-order valence-electron chi connectivity index (χ0n) is 3.60. The molecule has 7 heavy (non-hydrogen) atoms. The van der Waals surface area contributed by atoms with Crippen LogP contribution in [-0.2, 0) is 4.79 Å². The van der Waals surface area contributed by atoms with Crippen LogP contribution in [0.15, 0.2) is 0 Å². The lowest BCUT2D eigenvalue weighted by atomic mass is 10.4. The van der Waals surface area contributed by atoms with Gasteiger partial charge >= 0.3 is 5.97 Å². The molecule has 0 aromatic heterocycles. The molecule has 0 unspecified atom stereocenters. The molecule has 0 heterocycles. The van der Waals surface area contributed by atoms with E-state index in [-0.39, 0.29) is 0 Å². The van der Waals surface area contributed by atoms with E-state index in [0.29, 0.717) is 0 Å². The molecule has 0 bridgehead atoms. The van der Waals surface area contributed by atoms with Crippen molar-refractivity contribution in [2.24, 2.45) is 5.73 Å². The van der Waals surface area contributed by atoms with Crippen molar-refractivity contribution in [1.82, 2.24) is 0 Å². The van der Waals surface area contributed by atoms with Crippen molar-refractivity contribution in [3.8, 4) is 0 Å². The lowest BCUT2D eigenvalue weighted by molar-refractivity contribution is -0.138. The molecule has 3 nitrogen and oxygen atoms in total. The zero-order chi connectivity index (χ0) is 5.86. The molecule has 0 fully saturated rings. The van der Waals surface area contributed by atoms with E-state index in [1.54, 1.807) is 0 Å². The van der Waals surface area contributed by atoms with E-state index in [2.05, 4.69) is 5.73 Å². The molecule has 0 radical (unpaired) electrons. The SMILES string of the molecule is N[C@@H](C[18F])C(=O)O. The Bertz CT molecular complexity index is 75.3. The highest BCUT2D eigenvalue weighted by molar-refractivity contribution is 5.73. The second kappa shape index (κ2) is 2.52. The number of hydrogen-bond donors (Lipinski definition) is 2. The molecule has 0 aliphatic rings. The molecule has 0 aromatic rings. The number of rotatable bonds is 2. The van der Waals surface area contributed by atoms with Crippen LogP contribution in [0, 0.1) is 0 Å². The first-order valence-electron chi connectivity index (χ1n) is 1.73. The molecule has 0 spiro atoms. The number of alkyl halides is 1. The number of carboxylic acids is 1. The number of carboxylic acid groups (broad SMARTS) is 1. The van der Waals surface area contributed by atoms with Gasteiger partial charge < -0.3 is 10.8 Å². The second-order valence-electron chi connectivity index (χ2n) is 1.10. The molecular formula is C3H6FNO2. The highest BCUT2D eigenvalue weighted by Gasteiger charge is 2.08. The summed E-state index contributed by atoms with van der Waals surface area (Å²) in [4.78, 5) is 9.57. The Hall–Kier alpha value is -0.640. The number of hydrogen-bond acceptors (Lipinski definition) is 2. The van der Waals surface area contributed by atoms with Crippen LogP contribution in [0.5, 0.6) is 0 Å². The van der Waals surface area contributed by atoms with Crippen molar-refractivity contribution in [2.45, 2.75) is 6.04 Å². The fraction of sp³-hybridized carbons (Fsp3) is 0.667. The topological polar surface area (TPSA) is 63.3 Å². The third-order valence-corrected chi connectivity index (χ3v) is 0.483. The minimum atomic E-state index is -1.35. The van der Waals surface area contributed by atoms with Gasteiger partial charge in [-0.2, -0.15) is 0 Å². The van der Waals surface area contributed by atoms with E-state index in [9.17, 15) is 9.18 Å². The van der Waals surface area contributed by atoms with Crippen LogP contribution < -0.4 is 5.73 Å². The quantitative estimate of drug-likeness (QED) is 0.492. The maximum Gasteiger partial charge on any atom is 0.323 e.